The normalized spacial score (nSPS) is 16.3. The first kappa shape index (κ1) is 11.0. The molecule has 66 valence electrons. The summed E-state index contributed by atoms with van der Waals surface area (Å²) in [4.78, 5) is 0. The molecule has 0 aromatic heterocycles. The van der Waals surface area contributed by atoms with E-state index in [0.717, 1.165) is 25.1 Å². The first-order valence-electron chi connectivity index (χ1n) is 3.97. The highest BCUT2D eigenvalue weighted by Gasteiger charge is 2.00. The Morgan fingerprint density at radius 2 is 2.09 bits per heavy atom. The molecule has 3 N–H and O–H groups in total. The van der Waals surface area contributed by atoms with Crippen LogP contribution in [0.2, 0.25) is 0 Å². The molecule has 1 aliphatic carbocycles. The minimum absolute atomic E-state index is 0.435. The second-order valence-corrected chi connectivity index (χ2v) is 2.98. The summed E-state index contributed by atoms with van der Waals surface area (Å²) < 4.78 is 0. The lowest BCUT2D eigenvalue weighted by Gasteiger charge is -1.93. The van der Waals surface area contributed by atoms with Crippen LogP contribution >= 0.6 is 12.6 Å². The van der Waals surface area contributed by atoms with Crippen LogP contribution in [0.5, 0.6) is 0 Å². The largest absolute Gasteiger partial charge is 0.327 e. The maximum atomic E-state index is 5.47. The van der Waals surface area contributed by atoms with Gasteiger partial charge in [0.05, 0.1) is 0 Å². The number of rotatable bonds is 2. The van der Waals surface area contributed by atoms with E-state index < -0.39 is 0 Å². The Balaban J connectivity index is 0.000000187. The van der Waals surface area contributed by atoms with Crippen LogP contribution in [0.1, 0.15) is 12.8 Å². The summed E-state index contributed by atoms with van der Waals surface area (Å²) in [6, 6.07) is 0.435. The van der Waals surface area contributed by atoms with E-state index in [1.807, 2.05) is 7.05 Å². The van der Waals surface area contributed by atoms with Crippen LogP contribution in [0, 0.1) is 0 Å². The molecule has 0 radical (unpaired) electrons. The lowest BCUT2D eigenvalue weighted by atomic mass is 10.3. The Morgan fingerprint density at radius 1 is 1.55 bits per heavy atom. The van der Waals surface area contributed by atoms with Crippen LogP contribution in [-0.2, 0) is 0 Å². The maximum Gasteiger partial charge on any atom is 0.0108 e. The average molecular weight is 174 g/mol. The third-order valence-electron chi connectivity index (χ3n) is 1.41. The van der Waals surface area contributed by atoms with Crippen molar-refractivity contribution in [3.05, 3.63) is 12.2 Å². The van der Waals surface area contributed by atoms with Gasteiger partial charge >= 0.3 is 0 Å². The van der Waals surface area contributed by atoms with Gasteiger partial charge in [0.25, 0.3) is 0 Å². The van der Waals surface area contributed by atoms with Crippen LogP contribution in [0.4, 0.5) is 0 Å². The number of nitrogens with two attached hydrogens (primary N) is 1. The van der Waals surface area contributed by atoms with Gasteiger partial charge in [-0.2, -0.15) is 12.6 Å². The van der Waals surface area contributed by atoms with E-state index >= 15 is 0 Å². The van der Waals surface area contributed by atoms with Gasteiger partial charge in [-0.25, -0.2) is 0 Å². The molecule has 0 saturated carbocycles. The van der Waals surface area contributed by atoms with Gasteiger partial charge in [0.1, 0.15) is 0 Å². The Hall–Kier alpha value is 0.0100. The van der Waals surface area contributed by atoms with Gasteiger partial charge in [0.15, 0.2) is 0 Å². The molecule has 1 rings (SSSR count). The molecule has 0 saturated heterocycles. The third-order valence-corrected chi connectivity index (χ3v) is 1.63. The molecule has 0 bridgehead atoms. The predicted molar refractivity (Wildman–Crippen MR) is 54.1 cm³/mol. The molecule has 0 atom stereocenters. The lowest BCUT2D eigenvalue weighted by Crippen LogP contribution is -2.13. The Kier molecular flexibility index (Phi) is 8.12. The van der Waals surface area contributed by atoms with Gasteiger partial charge in [0, 0.05) is 18.3 Å². The third kappa shape index (κ3) is 7.91. The molecule has 0 amide bonds. The summed E-state index contributed by atoms with van der Waals surface area (Å²) in [5, 5.41) is 2.94. The van der Waals surface area contributed by atoms with E-state index in [1.165, 1.54) is 0 Å². The fourth-order valence-electron chi connectivity index (χ4n) is 0.750. The topological polar surface area (TPSA) is 38.0 Å². The van der Waals surface area contributed by atoms with Crippen LogP contribution in [0.3, 0.4) is 0 Å². The van der Waals surface area contributed by atoms with Crippen molar-refractivity contribution in [2.24, 2.45) is 5.73 Å². The quantitative estimate of drug-likeness (QED) is 0.428. The molecule has 1 aliphatic rings. The van der Waals surface area contributed by atoms with Gasteiger partial charge in [-0.3, -0.25) is 0 Å². The van der Waals surface area contributed by atoms with Gasteiger partial charge in [0.2, 0.25) is 0 Å². The van der Waals surface area contributed by atoms with Gasteiger partial charge in [-0.05, 0) is 19.9 Å². The molecule has 0 aromatic carbocycles. The minimum atomic E-state index is 0.435. The maximum absolute atomic E-state index is 5.47. The highest BCUT2D eigenvalue weighted by molar-refractivity contribution is 7.80. The van der Waals surface area contributed by atoms with Gasteiger partial charge in [-0.1, -0.05) is 12.2 Å². The first-order valence-corrected chi connectivity index (χ1v) is 4.60. The molecule has 0 heterocycles. The van der Waals surface area contributed by atoms with Crippen molar-refractivity contribution >= 4 is 12.6 Å². The minimum Gasteiger partial charge on any atom is -0.327 e. The first-order chi connectivity index (χ1) is 5.31. The zero-order valence-corrected chi connectivity index (χ0v) is 7.98. The number of hydrogen-bond donors (Lipinski definition) is 3. The van der Waals surface area contributed by atoms with Crippen molar-refractivity contribution in [1.29, 1.82) is 0 Å². The van der Waals surface area contributed by atoms with E-state index in [9.17, 15) is 0 Å². The Bertz CT molecular complexity index is 94.3. The Labute approximate surface area is 74.6 Å². The molecule has 11 heavy (non-hydrogen) atoms. The zero-order valence-electron chi connectivity index (χ0n) is 7.09. The van der Waals surface area contributed by atoms with Crippen molar-refractivity contribution in [3.63, 3.8) is 0 Å². The van der Waals surface area contributed by atoms with Crippen LogP contribution in [-0.4, -0.2) is 25.4 Å². The van der Waals surface area contributed by atoms with Crippen molar-refractivity contribution in [3.8, 4) is 0 Å². The molecule has 0 aliphatic heterocycles. The Morgan fingerprint density at radius 3 is 2.18 bits per heavy atom. The van der Waals surface area contributed by atoms with Crippen LogP contribution < -0.4 is 11.1 Å². The van der Waals surface area contributed by atoms with Crippen LogP contribution in [0.25, 0.3) is 0 Å². The standard InChI is InChI=1S/C5H9N.C3H9NS/c6-5-3-1-2-4-5;1-4-2-3-5/h1-2,5H,3-4,6H2;4-5H,2-3H2,1H3. The zero-order chi connectivity index (χ0) is 8.53. The van der Waals surface area contributed by atoms with E-state index in [1.54, 1.807) is 0 Å². The highest BCUT2D eigenvalue weighted by atomic mass is 32.1. The molecular formula is C8H18N2S. The molecular weight excluding hydrogens is 156 g/mol. The van der Waals surface area contributed by atoms with Crippen molar-refractivity contribution in [2.75, 3.05) is 19.3 Å². The predicted octanol–water partition coefficient (Wildman–Crippen LogP) is 0.799. The molecule has 0 fully saturated rings. The number of nitrogens with one attached hydrogen (secondary N) is 1. The molecule has 0 spiro atoms. The summed E-state index contributed by atoms with van der Waals surface area (Å²) in [6.07, 6.45) is 6.43. The molecule has 2 nitrogen and oxygen atoms in total. The van der Waals surface area contributed by atoms with Gasteiger partial charge < -0.3 is 11.1 Å². The SMILES string of the molecule is CNCCS.NC1CC=CC1. The lowest BCUT2D eigenvalue weighted by molar-refractivity contribution is 0.732. The van der Waals surface area contributed by atoms with E-state index in [-0.39, 0.29) is 0 Å². The molecule has 3 heteroatoms. The van der Waals surface area contributed by atoms with Crippen molar-refractivity contribution < 1.29 is 0 Å². The van der Waals surface area contributed by atoms with E-state index in [0.29, 0.717) is 6.04 Å². The summed E-state index contributed by atoms with van der Waals surface area (Å²) in [6.45, 7) is 1.00. The monoisotopic (exact) mass is 174 g/mol. The molecule has 0 unspecified atom stereocenters. The second-order valence-electron chi connectivity index (χ2n) is 2.53. The van der Waals surface area contributed by atoms with Crippen molar-refractivity contribution in [2.45, 2.75) is 18.9 Å². The number of thiol groups is 1. The van der Waals surface area contributed by atoms with Crippen LogP contribution in [0.15, 0.2) is 12.2 Å². The van der Waals surface area contributed by atoms with E-state index in [2.05, 4.69) is 30.1 Å². The van der Waals surface area contributed by atoms with E-state index in [4.69, 9.17) is 5.73 Å². The summed E-state index contributed by atoms with van der Waals surface area (Å²) >= 11 is 3.94. The second kappa shape index (κ2) is 8.11. The highest BCUT2D eigenvalue weighted by Crippen LogP contribution is 2.04. The molecule has 0 aromatic rings. The summed E-state index contributed by atoms with van der Waals surface area (Å²) in [5.74, 6) is 0.927. The summed E-state index contributed by atoms with van der Waals surface area (Å²) in [7, 11) is 1.91. The fourth-order valence-corrected chi connectivity index (χ4v) is 0.974. The summed E-state index contributed by atoms with van der Waals surface area (Å²) in [5.41, 5.74) is 5.47. The number of hydrogen-bond acceptors (Lipinski definition) is 3. The smallest absolute Gasteiger partial charge is 0.0108 e. The van der Waals surface area contributed by atoms with Gasteiger partial charge in [-0.15, -0.1) is 0 Å². The van der Waals surface area contributed by atoms with Crippen molar-refractivity contribution in [1.82, 2.24) is 5.32 Å². The fraction of sp³-hybridized carbons (Fsp3) is 0.750. The average Bonchev–Trinajstić information content (AvgIpc) is 2.43.